The van der Waals surface area contributed by atoms with Crippen molar-refractivity contribution in [3.05, 3.63) is 64.1 Å². The standard InChI is InChI=1S/C19H22BrNO.ClH/c1-21(2)16-10-7-14-5-3-4-6-18(14)19(13-16)22-17-11-8-15(20)9-12-17;/h3-6,8-9,11-12,16,19H,7,10,13H2,1-2H3;1H/t16-,19-;/m0./s1. The van der Waals surface area contributed by atoms with Crippen molar-refractivity contribution in [2.75, 3.05) is 14.1 Å². The summed E-state index contributed by atoms with van der Waals surface area (Å²) in [6.45, 7) is 0. The Morgan fingerprint density at radius 1 is 1.04 bits per heavy atom. The summed E-state index contributed by atoms with van der Waals surface area (Å²) in [7, 11) is 4.33. The molecule has 2 nitrogen and oxygen atoms in total. The Morgan fingerprint density at radius 3 is 2.43 bits per heavy atom. The molecule has 0 aliphatic heterocycles. The second-order valence-electron chi connectivity index (χ2n) is 6.15. The van der Waals surface area contributed by atoms with Crippen LogP contribution in [0.3, 0.4) is 0 Å². The average molecular weight is 397 g/mol. The Labute approximate surface area is 153 Å². The van der Waals surface area contributed by atoms with Crippen LogP contribution in [0.25, 0.3) is 0 Å². The van der Waals surface area contributed by atoms with Crippen molar-refractivity contribution >= 4 is 28.3 Å². The van der Waals surface area contributed by atoms with Crippen molar-refractivity contribution in [2.24, 2.45) is 0 Å². The van der Waals surface area contributed by atoms with Gasteiger partial charge in [-0.2, -0.15) is 0 Å². The van der Waals surface area contributed by atoms with E-state index in [1.807, 2.05) is 24.3 Å². The highest BCUT2D eigenvalue weighted by molar-refractivity contribution is 9.10. The van der Waals surface area contributed by atoms with Crippen LogP contribution in [0.4, 0.5) is 0 Å². The Kier molecular flexibility index (Phi) is 6.51. The maximum Gasteiger partial charge on any atom is 0.125 e. The van der Waals surface area contributed by atoms with Gasteiger partial charge in [0.05, 0.1) is 0 Å². The number of ether oxygens (including phenoxy) is 1. The number of hydrogen-bond acceptors (Lipinski definition) is 2. The van der Waals surface area contributed by atoms with Crippen molar-refractivity contribution in [3.63, 3.8) is 0 Å². The maximum absolute atomic E-state index is 6.35. The van der Waals surface area contributed by atoms with Crippen LogP contribution in [0, 0.1) is 0 Å². The molecule has 0 aromatic heterocycles. The highest BCUT2D eigenvalue weighted by Gasteiger charge is 2.26. The molecule has 0 unspecified atom stereocenters. The van der Waals surface area contributed by atoms with E-state index in [9.17, 15) is 0 Å². The van der Waals surface area contributed by atoms with E-state index in [1.165, 1.54) is 17.5 Å². The number of rotatable bonds is 3. The molecule has 0 N–H and O–H groups in total. The van der Waals surface area contributed by atoms with Crippen LogP contribution < -0.4 is 4.74 Å². The fourth-order valence-corrected chi connectivity index (χ4v) is 3.41. The Hall–Kier alpha value is -1.03. The molecule has 0 heterocycles. The van der Waals surface area contributed by atoms with E-state index in [0.717, 1.165) is 23.1 Å². The molecule has 0 fully saturated rings. The van der Waals surface area contributed by atoms with Gasteiger partial charge in [-0.15, -0.1) is 12.4 Å². The molecular formula is C19H23BrClNO. The first kappa shape index (κ1) is 18.3. The quantitative estimate of drug-likeness (QED) is 0.656. The first-order valence-corrected chi connectivity index (χ1v) is 8.59. The number of fused-ring (bicyclic) bond motifs is 1. The van der Waals surface area contributed by atoms with Crippen LogP contribution >= 0.6 is 28.3 Å². The van der Waals surface area contributed by atoms with Crippen LogP contribution in [0.15, 0.2) is 53.0 Å². The number of hydrogen-bond donors (Lipinski definition) is 0. The molecule has 4 heteroatoms. The molecule has 0 bridgehead atoms. The fourth-order valence-electron chi connectivity index (χ4n) is 3.15. The zero-order chi connectivity index (χ0) is 15.5. The van der Waals surface area contributed by atoms with Gasteiger partial charge in [0.25, 0.3) is 0 Å². The van der Waals surface area contributed by atoms with Gasteiger partial charge in [0.15, 0.2) is 0 Å². The van der Waals surface area contributed by atoms with Crippen molar-refractivity contribution in [1.29, 1.82) is 0 Å². The third-order valence-corrected chi connectivity index (χ3v) is 4.99. The van der Waals surface area contributed by atoms with E-state index in [-0.39, 0.29) is 18.5 Å². The summed E-state index contributed by atoms with van der Waals surface area (Å²) < 4.78 is 7.43. The second-order valence-corrected chi connectivity index (χ2v) is 7.07. The lowest BCUT2D eigenvalue weighted by atomic mass is 10.0. The lowest BCUT2D eigenvalue weighted by Crippen LogP contribution is -2.30. The largest absolute Gasteiger partial charge is 0.486 e. The van der Waals surface area contributed by atoms with Gasteiger partial charge in [0.2, 0.25) is 0 Å². The molecule has 124 valence electrons. The van der Waals surface area contributed by atoms with E-state index in [4.69, 9.17) is 4.74 Å². The molecule has 1 aliphatic carbocycles. The Bertz CT molecular complexity index is 630. The van der Waals surface area contributed by atoms with Crippen LogP contribution in [-0.4, -0.2) is 25.0 Å². The monoisotopic (exact) mass is 395 g/mol. The summed E-state index contributed by atoms with van der Waals surface area (Å²) in [5.41, 5.74) is 2.77. The van der Waals surface area contributed by atoms with Crippen molar-refractivity contribution in [2.45, 2.75) is 31.4 Å². The smallest absolute Gasteiger partial charge is 0.125 e. The van der Waals surface area contributed by atoms with Gasteiger partial charge in [-0.3, -0.25) is 0 Å². The molecule has 3 rings (SSSR count). The van der Waals surface area contributed by atoms with Gasteiger partial charge in [-0.25, -0.2) is 0 Å². The van der Waals surface area contributed by atoms with Crippen LogP contribution in [0.5, 0.6) is 5.75 Å². The SMILES string of the molecule is CN(C)[C@H]1CCc2ccccc2[C@@H](Oc2ccc(Br)cc2)C1.Cl. The third kappa shape index (κ3) is 4.50. The molecule has 0 spiro atoms. The average Bonchev–Trinajstić information content (AvgIpc) is 2.70. The number of nitrogens with zero attached hydrogens (tertiary/aromatic N) is 1. The summed E-state index contributed by atoms with van der Waals surface area (Å²) >= 11 is 3.48. The molecule has 0 saturated carbocycles. The van der Waals surface area contributed by atoms with Gasteiger partial charge in [0, 0.05) is 16.9 Å². The molecule has 0 amide bonds. The third-order valence-electron chi connectivity index (χ3n) is 4.46. The minimum absolute atomic E-state index is 0. The first-order chi connectivity index (χ1) is 10.6. The lowest BCUT2D eigenvalue weighted by molar-refractivity contribution is 0.147. The predicted molar refractivity (Wildman–Crippen MR) is 102 cm³/mol. The molecule has 2 aromatic rings. The summed E-state index contributed by atoms with van der Waals surface area (Å²) in [5.74, 6) is 0.933. The van der Waals surface area contributed by atoms with Gasteiger partial charge >= 0.3 is 0 Å². The van der Waals surface area contributed by atoms with E-state index >= 15 is 0 Å². The van der Waals surface area contributed by atoms with Crippen molar-refractivity contribution in [1.82, 2.24) is 4.90 Å². The predicted octanol–water partition coefficient (Wildman–Crippen LogP) is 5.26. The van der Waals surface area contributed by atoms with E-state index in [0.29, 0.717) is 6.04 Å². The first-order valence-electron chi connectivity index (χ1n) is 7.80. The van der Waals surface area contributed by atoms with Gasteiger partial charge in [-0.1, -0.05) is 40.2 Å². The van der Waals surface area contributed by atoms with E-state index < -0.39 is 0 Å². The second kappa shape index (κ2) is 8.18. The number of aryl methyl sites for hydroxylation is 1. The molecule has 2 atom stereocenters. The zero-order valence-corrected chi connectivity index (χ0v) is 15.9. The van der Waals surface area contributed by atoms with Gasteiger partial charge < -0.3 is 9.64 Å². The van der Waals surface area contributed by atoms with Gasteiger partial charge in [0.1, 0.15) is 11.9 Å². The number of benzene rings is 2. The summed E-state index contributed by atoms with van der Waals surface area (Å²) in [5, 5.41) is 0. The summed E-state index contributed by atoms with van der Waals surface area (Å²) in [4.78, 5) is 2.32. The molecule has 0 radical (unpaired) electrons. The minimum Gasteiger partial charge on any atom is -0.486 e. The zero-order valence-electron chi connectivity index (χ0n) is 13.5. The van der Waals surface area contributed by atoms with Crippen molar-refractivity contribution in [3.8, 4) is 5.75 Å². The summed E-state index contributed by atoms with van der Waals surface area (Å²) in [6.07, 6.45) is 3.45. The lowest BCUT2D eigenvalue weighted by Gasteiger charge is -2.27. The van der Waals surface area contributed by atoms with Crippen LogP contribution in [-0.2, 0) is 6.42 Å². The summed E-state index contributed by atoms with van der Waals surface area (Å²) in [6, 6.07) is 17.4. The molecule has 1 aliphatic rings. The highest BCUT2D eigenvalue weighted by atomic mass is 79.9. The molecule has 2 aromatic carbocycles. The van der Waals surface area contributed by atoms with Crippen LogP contribution in [0.1, 0.15) is 30.1 Å². The maximum atomic E-state index is 6.35. The van der Waals surface area contributed by atoms with Crippen LogP contribution in [0.2, 0.25) is 0 Å². The van der Waals surface area contributed by atoms with E-state index in [1.54, 1.807) is 0 Å². The normalized spacial score (nSPS) is 20.3. The minimum atomic E-state index is 0. The fraction of sp³-hybridized carbons (Fsp3) is 0.368. The topological polar surface area (TPSA) is 12.5 Å². The molecular weight excluding hydrogens is 374 g/mol. The Morgan fingerprint density at radius 2 is 1.74 bits per heavy atom. The molecule has 0 saturated heterocycles. The number of halogens is 2. The highest BCUT2D eigenvalue weighted by Crippen LogP contribution is 2.34. The van der Waals surface area contributed by atoms with Crippen molar-refractivity contribution < 1.29 is 4.74 Å². The van der Waals surface area contributed by atoms with E-state index in [2.05, 4.69) is 59.2 Å². The molecule has 23 heavy (non-hydrogen) atoms. The van der Waals surface area contributed by atoms with Gasteiger partial charge in [-0.05, 0) is 62.3 Å². The Balaban J connectivity index is 0.00000192.